The molecule has 1 N–H and O–H groups in total. The Hall–Kier alpha value is -0.490. The maximum absolute atomic E-state index is 5.26. The van der Waals surface area contributed by atoms with Gasteiger partial charge in [0.15, 0.2) is 6.29 Å². The van der Waals surface area contributed by atoms with Gasteiger partial charge < -0.3 is 14.8 Å². The van der Waals surface area contributed by atoms with Gasteiger partial charge in [-0.1, -0.05) is 6.92 Å². The first kappa shape index (κ1) is 12.6. The number of ether oxygens (including phenoxy) is 2. The Kier molecular flexibility index (Phi) is 5.78. The van der Waals surface area contributed by atoms with Crippen LogP contribution in [0.15, 0.2) is 11.6 Å². The van der Waals surface area contributed by atoms with Crippen molar-refractivity contribution < 1.29 is 9.47 Å². The van der Waals surface area contributed by atoms with Gasteiger partial charge in [-0.3, -0.25) is 0 Å². The SMILES string of the molecule is CCNC(Cc1nccs1)C(OC)OC. The third-order valence-corrected chi connectivity index (χ3v) is 2.94. The summed E-state index contributed by atoms with van der Waals surface area (Å²) in [5, 5.41) is 6.42. The van der Waals surface area contributed by atoms with Crippen LogP contribution in [-0.2, 0) is 15.9 Å². The number of methoxy groups -OCH3 is 2. The molecular formula is C10H18N2O2S. The van der Waals surface area contributed by atoms with Crippen molar-refractivity contribution in [1.29, 1.82) is 0 Å². The Balaban J connectivity index is 2.56. The molecule has 0 aliphatic heterocycles. The molecule has 0 spiro atoms. The van der Waals surface area contributed by atoms with E-state index in [0.717, 1.165) is 18.0 Å². The number of likely N-dealkylation sites (N-methyl/N-ethyl adjacent to an activating group) is 1. The summed E-state index contributed by atoms with van der Waals surface area (Å²) in [5.41, 5.74) is 0. The number of nitrogens with zero attached hydrogens (tertiary/aromatic N) is 1. The first-order valence-electron chi connectivity index (χ1n) is 4.99. The average molecular weight is 230 g/mol. The van der Waals surface area contributed by atoms with Gasteiger partial charge in [-0.25, -0.2) is 4.98 Å². The van der Waals surface area contributed by atoms with E-state index in [9.17, 15) is 0 Å². The number of thiazole rings is 1. The maximum atomic E-state index is 5.26. The average Bonchev–Trinajstić information content (AvgIpc) is 2.72. The molecule has 1 heterocycles. The fraction of sp³-hybridized carbons (Fsp3) is 0.700. The van der Waals surface area contributed by atoms with Crippen LogP contribution in [0.25, 0.3) is 0 Å². The molecule has 0 bridgehead atoms. The van der Waals surface area contributed by atoms with E-state index in [-0.39, 0.29) is 12.3 Å². The molecule has 5 heteroatoms. The molecule has 1 atom stereocenters. The second-order valence-electron chi connectivity index (χ2n) is 3.13. The zero-order valence-corrected chi connectivity index (χ0v) is 10.2. The third kappa shape index (κ3) is 3.87. The molecule has 1 unspecified atom stereocenters. The molecule has 0 amide bonds. The molecule has 0 aliphatic carbocycles. The molecule has 1 aromatic rings. The van der Waals surface area contributed by atoms with Gasteiger partial charge in [0.25, 0.3) is 0 Å². The minimum absolute atomic E-state index is 0.149. The summed E-state index contributed by atoms with van der Waals surface area (Å²) in [4.78, 5) is 4.26. The first-order valence-corrected chi connectivity index (χ1v) is 5.87. The quantitative estimate of drug-likeness (QED) is 0.717. The monoisotopic (exact) mass is 230 g/mol. The highest BCUT2D eigenvalue weighted by Gasteiger charge is 2.21. The van der Waals surface area contributed by atoms with E-state index in [0.29, 0.717) is 0 Å². The first-order chi connectivity index (χ1) is 7.31. The molecule has 0 saturated heterocycles. The molecule has 86 valence electrons. The van der Waals surface area contributed by atoms with Crippen molar-refractivity contribution in [1.82, 2.24) is 10.3 Å². The van der Waals surface area contributed by atoms with Crippen molar-refractivity contribution in [2.24, 2.45) is 0 Å². The number of rotatable bonds is 7. The Morgan fingerprint density at radius 2 is 2.20 bits per heavy atom. The lowest BCUT2D eigenvalue weighted by molar-refractivity contribution is -0.122. The van der Waals surface area contributed by atoms with E-state index >= 15 is 0 Å². The number of hydrogen-bond donors (Lipinski definition) is 1. The molecule has 0 saturated carbocycles. The van der Waals surface area contributed by atoms with E-state index in [1.54, 1.807) is 25.6 Å². The van der Waals surface area contributed by atoms with Gasteiger partial charge >= 0.3 is 0 Å². The van der Waals surface area contributed by atoms with Crippen LogP contribution in [0.1, 0.15) is 11.9 Å². The van der Waals surface area contributed by atoms with Crippen LogP contribution in [-0.4, -0.2) is 38.1 Å². The normalized spacial score (nSPS) is 13.3. The number of aromatic nitrogens is 1. The molecular weight excluding hydrogens is 212 g/mol. The van der Waals surface area contributed by atoms with Crippen LogP contribution >= 0.6 is 11.3 Å². The van der Waals surface area contributed by atoms with E-state index in [2.05, 4.69) is 17.2 Å². The summed E-state index contributed by atoms with van der Waals surface area (Å²) < 4.78 is 10.5. The van der Waals surface area contributed by atoms with Gasteiger partial charge in [0.1, 0.15) is 0 Å². The molecule has 1 rings (SSSR count). The smallest absolute Gasteiger partial charge is 0.172 e. The highest BCUT2D eigenvalue weighted by molar-refractivity contribution is 7.09. The van der Waals surface area contributed by atoms with Crippen molar-refractivity contribution in [3.63, 3.8) is 0 Å². The summed E-state index contributed by atoms with van der Waals surface area (Å²) in [6.07, 6.45) is 2.42. The number of nitrogens with one attached hydrogen (secondary N) is 1. The fourth-order valence-electron chi connectivity index (χ4n) is 1.49. The van der Waals surface area contributed by atoms with Crippen molar-refractivity contribution in [2.45, 2.75) is 25.7 Å². The fourth-order valence-corrected chi connectivity index (χ4v) is 2.17. The van der Waals surface area contributed by atoms with Crippen molar-refractivity contribution in [3.05, 3.63) is 16.6 Å². The van der Waals surface area contributed by atoms with E-state index < -0.39 is 0 Å². The summed E-state index contributed by atoms with van der Waals surface area (Å²) in [5.74, 6) is 0. The van der Waals surface area contributed by atoms with Gasteiger partial charge in [0, 0.05) is 32.2 Å². The molecule has 0 fully saturated rings. The van der Waals surface area contributed by atoms with Gasteiger partial charge in [-0.2, -0.15) is 0 Å². The van der Waals surface area contributed by atoms with Gasteiger partial charge in [0.05, 0.1) is 11.0 Å². The molecule has 0 aliphatic rings. The molecule has 4 nitrogen and oxygen atoms in total. The van der Waals surface area contributed by atoms with Crippen LogP contribution in [0.2, 0.25) is 0 Å². The van der Waals surface area contributed by atoms with Gasteiger partial charge in [-0.15, -0.1) is 11.3 Å². The minimum Gasteiger partial charge on any atom is -0.354 e. The predicted octanol–water partition coefficient (Wildman–Crippen LogP) is 1.28. The largest absolute Gasteiger partial charge is 0.354 e. The summed E-state index contributed by atoms with van der Waals surface area (Å²) in [6, 6.07) is 0.149. The van der Waals surface area contributed by atoms with Crippen molar-refractivity contribution >= 4 is 11.3 Å². The molecule has 0 aromatic carbocycles. The lowest BCUT2D eigenvalue weighted by atomic mass is 10.2. The standard InChI is InChI=1S/C10H18N2O2S/c1-4-11-8(10(13-2)14-3)7-9-12-5-6-15-9/h5-6,8,10-11H,4,7H2,1-3H3. The Morgan fingerprint density at radius 1 is 1.47 bits per heavy atom. The van der Waals surface area contributed by atoms with Crippen molar-refractivity contribution in [2.75, 3.05) is 20.8 Å². The maximum Gasteiger partial charge on any atom is 0.172 e. The summed E-state index contributed by atoms with van der Waals surface area (Å²) in [6.45, 7) is 2.95. The van der Waals surface area contributed by atoms with E-state index in [4.69, 9.17) is 9.47 Å². The molecule has 15 heavy (non-hydrogen) atoms. The second kappa shape index (κ2) is 6.90. The molecule has 0 radical (unpaired) electrons. The zero-order chi connectivity index (χ0) is 11.1. The van der Waals surface area contributed by atoms with E-state index in [1.165, 1.54) is 0 Å². The van der Waals surface area contributed by atoms with Crippen LogP contribution in [0.3, 0.4) is 0 Å². The Labute approximate surface area is 94.6 Å². The molecule has 1 aromatic heterocycles. The lowest BCUT2D eigenvalue weighted by Gasteiger charge is -2.24. The summed E-state index contributed by atoms with van der Waals surface area (Å²) >= 11 is 1.65. The van der Waals surface area contributed by atoms with Crippen LogP contribution < -0.4 is 5.32 Å². The Morgan fingerprint density at radius 3 is 2.67 bits per heavy atom. The van der Waals surface area contributed by atoms with Crippen LogP contribution in [0, 0.1) is 0 Å². The van der Waals surface area contributed by atoms with Crippen molar-refractivity contribution in [3.8, 4) is 0 Å². The van der Waals surface area contributed by atoms with Crippen LogP contribution in [0.5, 0.6) is 0 Å². The summed E-state index contributed by atoms with van der Waals surface area (Å²) in [7, 11) is 3.31. The highest BCUT2D eigenvalue weighted by Crippen LogP contribution is 2.11. The van der Waals surface area contributed by atoms with Gasteiger partial charge in [0.2, 0.25) is 0 Å². The Bertz CT molecular complexity index is 250. The van der Waals surface area contributed by atoms with Gasteiger partial charge in [-0.05, 0) is 6.54 Å². The number of hydrogen-bond acceptors (Lipinski definition) is 5. The topological polar surface area (TPSA) is 43.4 Å². The predicted molar refractivity (Wildman–Crippen MR) is 61.1 cm³/mol. The second-order valence-corrected chi connectivity index (χ2v) is 4.11. The van der Waals surface area contributed by atoms with E-state index in [1.807, 2.05) is 11.6 Å². The third-order valence-electron chi connectivity index (χ3n) is 2.14. The highest BCUT2D eigenvalue weighted by atomic mass is 32.1. The van der Waals surface area contributed by atoms with Crippen LogP contribution in [0.4, 0.5) is 0 Å². The minimum atomic E-state index is -0.228. The zero-order valence-electron chi connectivity index (χ0n) is 9.40. The lowest BCUT2D eigenvalue weighted by Crippen LogP contribution is -2.43.